The molecule has 2 aliphatic rings. The van der Waals surface area contributed by atoms with Crippen LogP contribution in [-0.4, -0.2) is 68.6 Å². The fourth-order valence-electron chi connectivity index (χ4n) is 5.56. The van der Waals surface area contributed by atoms with Gasteiger partial charge in [-0.1, -0.05) is 86.2 Å². The Bertz CT molecular complexity index is 707. The normalized spacial score (nSPS) is 28.6. The van der Waals surface area contributed by atoms with Crippen molar-refractivity contribution in [2.45, 2.75) is 102 Å². The largest absolute Gasteiger partial charge is 0.396 e. The number of hydrogen-bond donors (Lipinski definition) is 1. The van der Waals surface area contributed by atoms with E-state index in [4.69, 9.17) is 8.92 Å². The third-order valence-corrected chi connectivity index (χ3v) is 22.2. The van der Waals surface area contributed by atoms with Crippen molar-refractivity contribution in [1.29, 1.82) is 0 Å². The predicted octanol–water partition coefficient (Wildman–Crippen LogP) is 7.56. The number of alkyl halides is 2. The van der Waals surface area contributed by atoms with Crippen LogP contribution in [0.2, 0.25) is 0 Å². The topological polar surface area (TPSA) is 59.0 Å². The molecule has 220 valence electrons. The lowest BCUT2D eigenvalue weighted by Crippen LogP contribution is -2.47. The maximum atomic E-state index is 13.3. The molecule has 8 heteroatoms. The second-order valence-electron chi connectivity index (χ2n) is 11.1. The Morgan fingerprint density at radius 2 is 1.86 bits per heavy atom. The maximum Gasteiger partial charge on any atom is 0.184 e. The molecule has 0 radical (unpaired) electrons. The summed E-state index contributed by atoms with van der Waals surface area (Å²) >= 11 is -0.646. The summed E-state index contributed by atoms with van der Waals surface area (Å²) in [6.07, 6.45) is 13.8. The molecule has 0 aromatic heterocycles. The van der Waals surface area contributed by atoms with Crippen molar-refractivity contribution in [3.05, 3.63) is 11.0 Å². The first-order chi connectivity index (χ1) is 17.9. The van der Waals surface area contributed by atoms with Gasteiger partial charge in [0.15, 0.2) is 11.1 Å². The minimum absolute atomic E-state index is 0.301. The summed E-state index contributed by atoms with van der Waals surface area (Å²) in [5, 5.41) is 10.5. The molecular formula is C29H55I2NO4S. The zero-order chi connectivity index (χ0) is 27.0. The molecule has 0 saturated carbocycles. The number of nitrogens with zero attached hydrogens (tertiary/aromatic N) is 1. The van der Waals surface area contributed by atoms with Crippen molar-refractivity contribution in [1.82, 2.24) is 4.90 Å². The number of hydrogen-bond acceptors (Lipinski definition) is 5. The molecule has 3 unspecified atom stereocenters. The maximum absolute atomic E-state index is 13.3. The molecule has 0 bridgehead atoms. The van der Waals surface area contributed by atoms with E-state index < -0.39 is 11.1 Å². The van der Waals surface area contributed by atoms with Crippen molar-refractivity contribution in [2.75, 3.05) is 44.4 Å². The quantitative estimate of drug-likeness (QED) is 0.0888. The van der Waals surface area contributed by atoms with Crippen LogP contribution in [0.3, 0.4) is 0 Å². The molecule has 1 N–H and O–H groups in total. The van der Waals surface area contributed by atoms with Gasteiger partial charge < -0.3 is 9.84 Å². The number of ether oxygens (including phenoxy) is 1. The molecule has 37 heavy (non-hydrogen) atoms. The van der Waals surface area contributed by atoms with Gasteiger partial charge in [0, 0.05) is 47.7 Å². The van der Waals surface area contributed by atoms with Crippen molar-refractivity contribution >= 4 is 44.3 Å². The van der Waals surface area contributed by atoms with Gasteiger partial charge in [-0.05, 0) is 73.7 Å². The highest BCUT2D eigenvalue weighted by Gasteiger charge is 2.36. The Morgan fingerprint density at radius 3 is 2.54 bits per heavy atom. The summed E-state index contributed by atoms with van der Waals surface area (Å²) < 4.78 is 26.7. The lowest BCUT2D eigenvalue weighted by molar-refractivity contribution is 0.0792. The molecule has 1 aliphatic carbocycles. The second kappa shape index (κ2) is 20.1. The molecule has 0 spiro atoms. The van der Waals surface area contributed by atoms with Crippen LogP contribution >= 0.6 is 33.2 Å². The van der Waals surface area contributed by atoms with Gasteiger partial charge in [0.05, 0.1) is 6.61 Å². The van der Waals surface area contributed by atoms with Crippen molar-refractivity contribution < 1.29 is 18.2 Å². The second-order valence-corrected chi connectivity index (χ2v) is 23.1. The van der Waals surface area contributed by atoms with Gasteiger partial charge in [-0.25, -0.2) is 4.21 Å². The Hall–Kier alpha value is 1.19. The van der Waals surface area contributed by atoms with Crippen LogP contribution in [-0.2, 0) is 20.0 Å². The fraction of sp³-hybridized carbons (Fsp3) is 0.931. The number of methoxy groups -OCH3 is 1. The van der Waals surface area contributed by atoms with E-state index in [1.165, 1.54) is 43.0 Å². The monoisotopic (exact) mass is 767 g/mol. The first-order valence-electron chi connectivity index (χ1n) is 14.7. The molecule has 0 aromatic carbocycles. The zero-order valence-corrected chi connectivity index (χ0v) is 29.3. The van der Waals surface area contributed by atoms with Crippen molar-refractivity contribution in [3.8, 4) is 0 Å². The summed E-state index contributed by atoms with van der Waals surface area (Å²) in [5.74, 6) is 1.83. The summed E-state index contributed by atoms with van der Waals surface area (Å²) in [7, 11) is 1.73. The Kier molecular flexibility index (Phi) is 18.7. The highest BCUT2D eigenvalue weighted by Crippen LogP contribution is 2.40. The zero-order valence-electron chi connectivity index (χ0n) is 24.1. The molecular weight excluding hydrogens is 712 g/mol. The Labute approximate surface area is 246 Å². The van der Waals surface area contributed by atoms with E-state index >= 15 is 0 Å². The van der Waals surface area contributed by atoms with Gasteiger partial charge in [-0.15, -0.1) is 0 Å². The van der Waals surface area contributed by atoms with Gasteiger partial charge >= 0.3 is 0 Å². The first kappa shape index (κ1) is 34.4. The number of aliphatic hydroxyl groups excluding tert-OH is 1. The average Bonchev–Trinajstić information content (AvgIpc) is 3.02. The van der Waals surface area contributed by atoms with E-state index in [1.54, 1.807) is 7.11 Å². The van der Waals surface area contributed by atoms with E-state index in [2.05, 4.69) is 38.7 Å². The number of aliphatic hydroxyl groups is 1. The molecule has 0 amide bonds. The standard InChI is InChI=1S/C29H55I2NO4S/c1-6-7-8-10-16-32(21-26(22-33)28-14-13-15-30-31-28)29-20-27(19-23(2)24(3)25(29)4)37(34)36-18-12-9-11-17-35-5/h19,23-26,28-29,33H,6-18,20-22H2,1-5H3/t23-,24?,25-,26+,28?,29+,37?/m0/s1. The molecule has 5 nitrogen and oxygen atoms in total. The van der Waals surface area contributed by atoms with Crippen molar-refractivity contribution in [2.24, 2.45) is 23.7 Å². The Balaban J connectivity index is 2.16. The molecule has 7 atom stereocenters. The summed E-state index contributed by atoms with van der Waals surface area (Å²) in [6.45, 7) is 13.1. The summed E-state index contributed by atoms with van der Waals surface area (Å²) in [6, 6.07) is 0.354. The molecule has 0 fully saturated rings. The molecule has 0 saturated heterocycles. The van der Waals surface area contributed by atoms with Crippen molar-refractivity contribution in [3.63, 3.8) is 0 Å². The lowest BCUT2D eigenvalue weighted by Gasteiger charge is -2.40. The number of halogens is 2. The summed E-state index contributed by atoms with van der Waals surface area (Å²) in [5.41, 5.74) is 0. The SMILES string of the molecule is CCCCCCN(C[C@H](CO)C1CCCI=I1)[C@@H]1CC(S(=O)OCCCCCOC)=C[C@H](C)C(C)[C@@H]1C. The predicted molar refractivity (Wildman–Crippen MR) is 176 cm³/mol. The van der Waals surface area contributed by atoms with Gasteiger partial charge in [0.25, 0.3) is 0 Å². The number of unbranched alkanes of at least 4 members (excludes halogenated alkanes) is 5. The average molecular weight is 768 g/mol. The van der Waals surface area contributed by atoms with Gasteiger partial charge in [0.2, 0.25) is 0 Å². The highest BCUT2D eigenvalue weighted by molar-refractivity contribution is 14.8. The molecule has 1 heterocycles. The van der Waals surface area contributed by atoms with Gasteiger partial charge in [-0.2, -0.15) is 0 Å². The number of allylic oxidation sites excluding steroid dienone is 1. The first-order valence-corrected chi connectivity index (χ1v) is 24.9. The fourth-order valence-corrected chi connectivity index (χ4v) is 20.1. The van der Waals surface area contributed by atoms with Crippen LogP contribution in [0.15, 0.2) is 11.0 Å². The van der Waals surface area contributed by atoms with Gasteiger partial charge in [-0.3, -0.25) is 9.08 Å². The minimum Gasteiger partial charge on any atom is -0.396 e. The van der Waals surface area contributed by atoms with E-state index in [0.29, 0.717) is 76.1 Å². The van der Waals surface area contributed by atoms with Gasteiger partial charge in [0.1, 0.15) is 0 Å². The third kappa shape index (κ3) is 12.3. The minimum atomic E-state index is -1.38. The van der Waals surface area contributed by atoms with E-state index in [1.807, 2.05) is 0 Å². The van der Waals surface area contributed by atoms with Crippen LogP contribution in [0.1, 0.15) is 91.9 Å². The van der Waals surface area contributed by atoms with Crippen LogP contribution in [0, 0.1) is 23.7 Å². The smallest absolute Gasteiger partial charge is 0.184 e. The molecule has 2 rings (SSSR count). The van der Waals surface area contributed by atoms with E-state index in [0.717, 1.165) is 54.2 Å². The third-order valence-electron chi connectivity index (χ3n) is 8.35. The van der Waals surface area contributed by atoms with Crippen LogP contribution in [0.5, 0.6) is 0 Å². The molecule has 1 aliphatic heterocycles. The van der Waals surface area contributed by atoms with Crippen LogP contribution in [0.4, 0.5) is 0 Å². The van der Waals surface area contributed by atoms with Crippen LogP contribution < -0.4 is 0 Å². The van der Waals surface area contributed by atoms with Crippen LogP contribution in [0.25, 0.3) is 0 Å². The lowest BCUT2D eigenvalue weighted by atomic mass is 9.81. The van der Waals surface area contributed by atoms with E-state index in [9.17, 15) is 9.32 Å². The van der Waals surface area contributed by atoms with E-state index in [-0.39, 0.29) is 0 Å². The Morgan fingerprint density at radius 1 is 1.11 bits per heavy atom. The number of rotatable bonds is 18. The summed E-state index contributed by atoms with van der Waals surface area (Å²) in [4.78, 5) is 3.71. The molecule has 0 aromatic rings. The highest BCUT2D eigenvalue weighted by atomic mass is 128.